The highest BCUT2D eigenvalue weighted by Crippen LogP contribution is 2.23. The second-order valence-electron chi connectivity index (χ2n) is 5.93. The average Bonchev–Trinajstić information content (AvgIpc) is 2.62. The van der Waals surface area contributed by atoms with Crippen molar-refractivity contribution in [3.05, 3.63) is 58.6 Å². The molecule has 0 saturated carbocycles. The fourth-order valence-electron chi connectivity index (χ4n) is 2.46. The monoisotopic (exact) mass is 361 g/mol. The lowest BCUT2D eigenvalue weighted by atomic mass is 10.1. The number of hydrogen-bond acceptors (Lipinski definition) is 3. The molecular formula is C20H24ClNO3. The predicted octanol–water partition coefficient (Wildman–Crippen LogP) is 4.69. The summed E-state index contributed by atoms with van der Waals surface area (Å²) in [6.45, 7) is 5.77. The zero-order chi connectivity index (χ0) is 18.4. The molecule has 134 valence electrons. The molecule has 0 saturated heterocycles. The van der Waals surface area contributed by atoms with E-state index < -0.39 is 6.10 Å². The maximum absolute atomic E-state index is 12.6. The predicted molar refractivity (Wildman–Crippen MR) is 100 cm³/mol. The van der Waals surface area contributed by atoms with Crippen LogP contribution < -0.4 is 14.8 Å². The Labute approximate surface area is 154 Å². The molecule has 1 N–H and O–H groups in total. The van der Waals surface area contributed by atoms with Crippen molar-refractivity contribution in [2.75, 3.05) is 7.11 Å². The Morgan fingerprint density at radius 1 is 1.16 bits per heavy atom. The fraction of sp³-hybridized carbons (Fsp3) is 0.350. The van der Waals surface area contributed by atoms with E-state index in [0.29, 0.717) is 17.2 Å². The van der Waals surface area contributed by atoms with Gasteiger partial charge in [0, 0.05) is 5.02 Å². The minimum absolute atomic E-state index is 0.122. The van der Waals surface area contributed by atoms with Gasteiger partial charge in [-0.25, -0.2) is 0 Å². The summed E-state index contributed by atoms with van der Waals surface area (Å²) in [5.41, 5.74) is 1.92. The zero-order valence-corrected chi connectivity index (χ0v) is 15.8. The van der Waals surface area contributed by atoms with Gasteiger partial charge in [0.15, 0.2) is 6.10 Å². The van der Waals surface area contributed by atoms with Crippen LogP contribution in [0.25, 0.3) is 0 Å². The summed E-state index contributed by atoms with van der Waals surface area (Å²) in [4.78, 5) is 12.6. The molecule has 2 aromatic carbocycles. The Balaban J connectivity index is 2.01. The fourth-order valence-corrected chi connectivity index (χ4v) is 2.58. The van der Waals surface area contributed by atoms with Gasteiger partial charge in [-0.3, -0.25) is 4.79 Å². The summed E-state index contributed by atoms with van der Waals surface area (Å²) in [6.07, 6.45) is 0.0179. The van der Waals surface area contributed by atoms with E-state index in [4.69, 9.17) is 21.1 Å². The highest BCUT2D eigenvalue weighted by Gasteiger charge is 2.21. The van der Waals surface area contributed by atoms with E-state index >= 15 is 0 Å². The van der Waals surface area contributed by atoms with Crippen molar-refractivity contribution in [2.24, 2.45) is 0 Å². The molecule has 0 unspecified atom stereocenters. The van der Waals surface area contributed by atoms with Crippen LogP contribution in [-0.4, -0.2) is 19.1 Å². The molecule has 2 aromatic rings. The van der Waals surface area contributed by atoms with Crippen LogP contribution in [0, 0.1) is 6.92 Å². The van der Waals surface area contributed by atoms with Crippen LogP contribution in [0.2, 0.25) is 5.02 Å². The quantitative estimate of drug-likeness (QED) is 0.778. The summed E-state index contributed by atoms with van der Waals surface area (Å²) in [5.74, 6) is 1.29. The highest BCUT2D eigenvalue weighted by atomic mass is 35.5. The molecule has 5 heteroatoms. The number of halogens is 1. The van der Waals surface area contributed by atoms with Gasteiger partial charge in [-0.15, -0.1) is 0 Å². The van der Waals surface area contributed by atoms with Gasteiger partial charge in [0.05, 0.1) is 13.2 Å². The maximum Gasteiger partial charge on any atom is 0.261 e. The largest absolute Gasteiger partial charge is 0.497 e. The minimum Gasteiger partial charge on any atom is -0.497 e. The maximum atomic E-state index is 12.6. The lowest BCUT2D eigenvalue weighted by Crippen LogP contribution is -2.39. The number of nitrogens with one attached hydrogen (secondary N) is 1. The van der Waals surface area contributed by atoms with E-state index in [1.54, 1.807) is 19.2 Å². The van der Waals surface area contributed by atoms with Crippen molar-refractivity contribution < 1.29 is 14.3 Å². The first-order valence-corrected chi connectivity index (χ1v) is 8.69. The molecule has 0 bridgehead atoms. The van der Waals surface area contributed by atoms with E-state index in [2.05, 4.69) is 5.32 Å². The van der Waals surface area contributed by atoms with E-state index in [9.17, 15) is 4.79 Å². The van der Waals surface area contributed by atoms with Crippen molar-refractivity contribution in [3.8, 4) is 11.5 Å². The molecular weight excluding hydrogens is 338 g/mol. The van der Waals surface area contributed by atoms with Crippen LogP contribution in [0.1, 0.15) is 37.4 Å². The third kappa shape index (κ3) is 5.13. The molecule has 0 spiro atoms. The minimum atomic E-state index is -0.554. The second-order valence-corrected chi connectivity index (χ2v) is 6.34. The first-order valence-electron chi connectivity index (χ1n) is 8.31. The number of benzene rings is 2. The van der Waals surface area contributed by atoms with Crippen LogP contribution in [-0.2, 0) is 4.79 Å². The van der Waals surface area contributed by atoms with Crippen molar-refractivity contribution >= 4 is 17.5 Å². The van der Waals surface area contributed by atoms with Gasteiger partial charge < -0.3 is 14.8 Å². The molecule has 0 aliphatic heterocycles. The molecule has 0 radical (unpaired) electrons. The average molecular weight is 362 g/mol. The van der Waals surface area contributed by atoms with Gasteiger partial charge in [0.25, 0.3) is 5.91 Å². The summed E-state index contributed by atoms with van der Waals surface area (Å²) < 4.78 is 11.0. The Morgan fingerprint density at radius 3 is 2.36 bits per heavy atom. The van der Waals surface area contributed by atoms with Gasteiger partial charge in [0.2, 0.25) is 0 Å². The smallest absolute Gasteiger partial charge is 0.261 e. The first kappa shape index (κ1) is 19.1. The lowest BCUT2D eigenvalue weighted by molar-refractivity contribution is -0.128. The van der Waals surface area contributed by atoms with E-state index in [0.717, 1.165) is 16.9 Å². The topological polar surface area (TPSA) is 47.6 Å². The second kappa shape index (κ2) is 8.77. The number of hydrogen-bond donors (Lipinski definition) is 1. The Hall–Kier alpha value is -2.20. The summed E-state index contributed by atoms with van der Waals surface area (Å²) >= 11 is 6.03. The van der Waals surface area contributed by atoms with Gasteiger partial charge in [-0.05, 0) is 61.7 Å². The van der Waals surface area contributed by atoms with E-state index in [1.165, 1.54) is 0 Å². The van der Waals surface area contributed by atoms with Crippen molar-refractivity contribution in [1.29, 1.82) is 0 Å². The Kier molecular flexibility index (Phi) is 6.71. The molecule has 0 heterocycles. The SMILES string of the molecule is CC[C@@H](Oc1ccc(Cl)c(C)c1)C(=O)N[C@@H](C)c1ccc(OC)cc1. The third-order valence-electron chi connectivity index (χ3n) is 4.05. The highest BCUT2D eigenvalue weighted by molar-refractivity contribution is 6.31. The molecule has 0 aromatic heterocycles. The van der Waals surface area contributed by atoms with Crippen molar-refractivity contribution in [3.63, 3.8) is 0 Å². The van der Waals surface area contributed by atoms with Crippen LogP contribution in [0.4, 0.5) is 0 Å². The molecule has 1 amide bonds. The molecule has 0 fully saturated rings. The van der Waals surface area contributed by atoms with Crippen LogP contribution >= 0.6 is 11.6 Å². The molecule has 25 heavy (non-hydrogen) atoms. The number of rotatable bonds is 7. The molecule has 0 aliphatic rings. The number of amides is 1. The van der Waals surface area contributed by atoms with E-state index in [-0.39, 0.29) is 11.9 Å². The Bertz CT molecular complexity index is 715. The van der Waals surface area contributed by atoms with Gasteiger partial charge in [0.1, 0.15) is 11.5 Å². The summed E-state index contributed by atoms with van der Waals surface area (Å²) in [7, 11) is 1.63. The number of methoxy groups -OCH3 is 1. The lowest BCUT2D eigenvalue weighted by Gasteiger charge is -2.21. The van der Waals surface area contributed by atoms with Gasteiger partial charge in [-0.2, -0.15) is 0 Å². The first-order chi connectivity index (χ1) is 11.9. The van der Waals surface area contributed by atoms with Crippen LogP contribution in [0.15, 0.2) is 42.5 Å². The van der Waals surface area contributed by atoms with Crippen LogP contribution in [0.3, 0.4) is 0 Å². The number of carbonyl (C=O) groups is 1. The zero-order valence-electron chi connectivity index (χ0n) is 15.0. The van der Waals surface area contributed by atoms with Crippen molar-refractivity contribution in [1.82, 2.24) is 5.32 Å². The van der Waals surface area contributed by atoms with Crippen molar-refractivity contribution in [2.45, 2.75) is 39.3 Å². The molecule has 2 atom stereocenters. The third-order valence-corrected chi connectivity index (χ3v) is 4.47. The Morgan fingerprint density at radius 2 is 1.80 bits per heavy atom. The van der Waals surface area contributed by atoms with Gasteiger partial charge in [-0.1, -0.05) is 30.7 Å². The number of carbonyl (C=O) groups excluding carboxylic acids is 1. The van der Waals surface area contributed by atoms with E-state index in [1.807, 2.05) is 51.1 Å². The molecule has 2 rings (SSSR count). The number of aryl methyl sites for hydroxylation is 1. The molecule has 4 nitrogen and oxygen atoms in total. The van der Waals surface area contributed by atoms with Crippen LogP contribution in [0.5, 0.6) is 11.5 Å². The summed E-state index contributed by atoms with van der Waals surface area (Å²) in [6, 6.07) is 12.9. The molecule has 0 aliphatic carbocycles. The standard InChI is InChI=1S/C20H24ClNO3/c1-5-19(25-17-10-11-18(21)13(2)12-17)20(23)22-14(3)15-6-8-16(24-4)9-7-15/h6-12,14,19H,5H2,1-4H3,(H,22,23)/t14-,19+/m0/s1. The van der Waals surface area contributed by atoms with Gasteiger partial charge >= 0.3 is 0 Å². The number of ether oxygens (including phenoxy) is 2. The normalized spacial score (nSPS) is 13.0. The summed E-state index contributed by atoms with van der Waals surface area (Å²) in [5, 5.41) is 3.68.